The molecule has 0 saturated carbocycles. The lowest BCUT2D eigenvalue weighted by Crippen LogP contribution is -2.47. The number of hydrogen-bond acceptors (Lipinski definition) is 2. The first-order valence-electron chi connectivity index (χ1n) is 9.65. The van der Waals surface area contributed by atoms with Crippen molar-refractivity contribution in [3.8, 4) is 0 Å². The molecule has 3 heteroatoms. The molecule has 1 atom stereocenters. The summed E-state index contributed by atoms with van der Waals surface area (Å²) in [5.41, 5.74) is 3.87. The van der Waals surface area contributed by atoms with Gasteiger partial charge in [0.15, 0.2) is 5.72 Å². The third kappa shape index (κ3) is 2.44. The Morgan fingerprint density at radius 3 is 2.21 bits per heavy atom. The molecule has 3 nitrogen and oxygen atoms in total. The first-order valence-corrected chi connectivity index (χ1v) is 9.65. The molecule has 28 heavy (non-hydrogen) atoms. The third-order valence-electron chi connectivity index (χ3n) is 5.86. The molecule has 0 bridgehead atoms. The second-order valence-electron chi connectivity index (χ2n) is 7.43. The zero-order chi connectivity index (χ0) is 19.1. The monoisotopic (exact) mass is 367 g/mol. The first-order chi connectivity index (χ1) is 13.7. The van der Waals surface area contributed by atoms with Crippen molar-refractivity contribution >= 4 is 11.5 Å². The summed E-state index contributed by atoms with van der Waals surface area (Å²) in [4.78, 5) is 15.2. The van der Waals surface area contributed by atoms with Crippen molar-refractivity contribution < 1.29 is 9.90 Å². The molecule has 0 fully saturated rings. The average Bonchev–Trinajstić information content (AvgIpc) is 2.97. The smallest absolute Gasteiger partial charge is 0.257 e. The fourth-order valence-corrected chi connectivity index (χ4v) is 4.55. The van der Waals surface area contributed by atoms with Crippen LogP contribution in [0.15, 0.2) is 90.5 Å². The van der Waals surface area contributed by atoms with E-state index in [1.54, 1.807) is 4.90 Å². The van der Waals surface area contributed by atoms with Crippen molar-refractivity contribution in [2.24, 2.45) is 0 Å². The highest BCUT2D eigenvalue weighted by atomic mass is 16.3. The van der Waals surface area contributed by atoms with Crippen molar-refractivity contribution in [3.63, 3.8) is 0 Å². The van der Waals surface area contributed by atoms with Crippen LogP contribution >= 0.6 is 0 Å². The second-order valence-corrected chi connectivity index (χ2v) is 7.43. The number of fused-ring (bicyclic) bond motifs is 3. The molecule has 1 N–H and O–H groups in total. The van der Waals surface area contributed by atoms with Gasteiger partial charge in [0.05, 0.1) is 5.57 Å². The number of hydrogen-bond donors (Lipinski definition) is 1. The molecule has 2 aliphatic rings. The number of carbonyl (C=O) groups is 1. The van der Waals surface area contributed by atoms with Crippen LogP contribution in [0.3, 0.4) is 0 Å². The van der Waals surface area contributed by atoms with Crippen LogP contribution in [-0.4, -0.2) is 15.9 Å². The molecule has 1 aliphatic carbocycles. The minimum absolute atomic E-state index is 0.107. The maximum absolute atomic E-state index is 13.6. The van der Waals surface area contributed by atoms with Crippen LogP contribution in [0.2, 0.25) is 0 Å². The molecule has 1 unspecified atom stereocenters. The van der Waals surface area contributed by atoms with E-state index in [1.165, 1.54) is 0 Å². The van der Waals surface area contributed by atoms with E-state index in [2.05, 4.69) is 6.07 Å². The number of nitrogens with zero attached hydrogens (tertiary/aromatic N) is 1. The molecule has 0 radical (unpaired) electrons. The van der Waals surface area contributed by atoms with Gasteiger partial charge in [-0.1, -0.05) is 84.9 Å². The molecule has 0 spiro atoms. The highest BCUT2D eigenvalue weighted by Gasteiger charge is 2.53. The normalized spacial score (nSPS) is 20.9. The summed E-state index contributed by atoms with van der Waals surface area (Å²) >= 11 is 0. The van der Waals surface area contributed by atoms with Crippen LogP contribution in [0.25, 0.3) is 5.57 Å². The summed E-state index contributed by atoms with van der Waals surface area (Å²) in [6.45, 7) is 0.365. The van der Waals surface area contributed by atoms with E-state index in [4.69, 9.17) is 0 Å². The quantitative estimate of drug-likeness (QED) is 0.751. The summed E-state index contributed by atoms with van der Waals surface area (Å²) < 4.78 is 0. The van der Waals surface area contributed by atoms with Gasteiger partial charge in [0.1, 0.15) is 0 Å². The molecule has 3 aromatic carbocycles. The van der Waals surface area contributed by atoms with Crippen LogP contribution in [-0.2, 0) is 23.5 Å². The molecular formula is C25H21NO2. The van der Waals surface area contributed by atoms with Crippen LogP contribution in [0, 0.1) is 0 Å². The highest BCUT2D eigenvalue weighted by molar-refractivity contribution is 6.23. The van der Waals surface area contributed by atoms with Crippen LogP contribution in [0.5, 0.6) is 0 Å². The van der Waals surface area contributed by atoms with E-state index in [9.17, 15) is 9.90 Å². The fourth-order valence-electron chi connectivity index (χ4n) is 4.55. The summed E-state index contributed by atoms with van der Waals surface area (Å²) in [6, 6.07) is 27.5. The zero-order valence-electron chi connectivity index (χ0n) is 15.5. The third-order valence-corrected chi connectivity index (χ3v) is 5.86. The number of rotatable bonds is 3. The Kier molecular flexibility index (Phi) is 3.92. The molecule has 138 valence electrons. The molecule has 1 aliphatic heterocycles. The lowest BCUT2D eigenvalue weighted by Gasteiger charge is -2.40. The lowest BCUT2D eigenvalue weighted by atomic mass is 9.79. The predicted molar refractivity (Wildman–Crippen MR) is 109 cm³/mol. The van der Waals surface area contributed by atoms with Gasteiger partial charge in [0, 0.05) is 17.7 Å². The molecule has 1 heterocycles. The van der Waals surface area contributed by atoms with Crippen molar-refractivity contribution in [1.29, 1.82) is 0 Å². The molecule has 1 amide bonds. The minimum Gasteiger partial charge on any atom is -0.363 e. The standard InChI is InChI=1S/C25H21NO2/c27-24-23(20-12-5-2-6-13-20)22-16-15-19-11-7-8-14-21(19)25(22,28)26(24)17-18-9-3-1-4-10-18/h1-14,28H,15-17H2. The Balaban J connectivity index is 1.71. The van der Waals surface area contributed by atoms with E-state index in [0.29, 0.717) is 18.5 Å². The molecule has 5 rings (SSSR count). The Morgan fingerprint density at radius 1 is 0.821 bits per heavy atom. The number of aryl methyl sites for hydroxylation is 1. The van der Waals surface area contributed by atoms with Crippen molar-refractivity contribution in [2.45, 2.75) is 25.1 Å². The molecular weight excluding hydrogens is 346 g/mol. The summed E-state index contributed by atoms with van der Waals surface area (Å²) in [5.74, 6) is -0.107. The maximum Gasteiger partial charge on any atom is 0.257 e. The number of amides is 1. The Morgan fingerprint density at radius 2 is 1.46 bits per heavy atom. The zero-order valence-corrected chi connectivity index (χ0v) is 15.5. The number of aliphatic hydroxyl groups is 1. The van der Waals surface area contributed by atoms with Crippen molar-refractivity contribution in [2.75, 3.05) is 0 Å². The largest absolute Gasteiger partial charge is 0.363 e. The van der Waals surface area contributed by atoms with Crippen LogP contribution in [0.1, 0.15) is 28.7 Å². The van der Waals surface area contributed by atoms with Gasteiger partial charge in [0.25, 0.3) is 5.91 Å². The average molecular weight is 367 g/mol. The van der Waals surface area contributed by atoms with Crippen LogP contribution < -0.4 is 0 Å². The molecule has 0 aromatic heterocycles. The van der Waals surface area contributed by atoms with E-state index in [-0.39, 0.29) is 5.91 Å². The van der Waals surface area contributed by atoms with E-state index in [1.807, 2.05) is 78.9 Å². The maximum atomic E-state index is 13.6. The number of carbonyl (C=O) groups excluding carboxylic acids is 1. The highest BCUT2D eigenvalue weighted by Crippen LogP contribution is 2.51. The van der Waals surface area contributed by atoms with Gasteiger partial charge < -0.3 is 5.11 Å². The first kappa shape index (κ1) is 17.0. The molecule has 3 aromatic rings. The van der Waals surface area contributed by atoms with Crippen molar-refractivity contribution in [1.82, 2.24) is 4.90 Å². The lowest BCUT2D eigenvalue weighted by molar-refractivity contribution is -0.146. The predicted octanol–water partition coefficient (Wildman–Crippen LogP) is 4.27. The van der Waals surface area contributed by atoms with Gasteiger partial charge in [-0.2, -0.15) is 0 Å². The Labute approximate surface area is 164 Å². The van der Waals surface area contributed by atoms with Crippen molar-refractivity contribution in [3.05, 3.63) is 113 Å². The second kappa shape index (κ2) is 6.47. The Hall–Kier alpha value is -3.17. The van der Waals surface area contributed by atoms with E-state index >= 15 is 0 Å². The Bertz CT molecular complexity index is 1070. The summed E-state index contributed by atoms with van der Waals surface area (Å²) in [6.07, 6.45) is 1.51. The number of benzene rings is 3. The van der Waals surface area contributed by atoms with Gasteiger partial charge in [-0.3, -0.25) is 9.69 Å². The van der Waals surface area contributed by atoms with Gasteiger partial charge in [-0.05, 0) is 29.5 Å². The van der Waals surface area contributed by atoms with Gasteiger partial charge >= 0.3 is 0 Å². The van der Waals surface area contributed by atoms with Gasteiger partial charge in [0.2, 0.25) is 0 Å². The molecule has 0 saturated heterocycles. The van der Waals surface area contributed by atoms with Gasteiger partial charge in [-0.25, -0.2) is 0 Å². The van der Waals surface area contributed by atoms with E-state index in [0.717, 1.165) is 34.2 Å². The topological polar surface area (TPSA) is 40.5 Å². The van der Waals surface area contributed by atoms with E-state index < -0.39 is 5.72 Å². The fraction of sp³-hybridized carbons (Fsp3) is 0.160. The summed E-state index contributed by atoms with van der Waals surface area (Å²) in [7, 11) is 0. The summed E-state index contributed by atoms with van der Waals surface area (Å²) in [5, 5.41) is 12.0. The van der Waals surface area contributed by atoms with Crippen LogP contribution in [0.4, 0.5) is 0 Å². The van der Waals surface area contributed by atoms with Gasteiger partial charge in [-0.15, -0.1) is 0 Å². The minimum atomic E-state index is -1.40. The SMILES string of the molecule is O=C1C(c2ccccc2)=C2CCc3ccccc3C2(O)N1Cc1ccccc1.